The highest BCUT2D eigenvalue weighted by atomic mass is 127. The molecule has 0 aliphatic carbocycles. The van der Waals surface area contributed by atoms with E-state index < -0.39 is 6.17 Å². The van der Waals surface area contributed by atoms with Crippen molar-refractivity contribution in [1.82, 2.24) is 0 Å². The average molecular weight is 314 g/mol. The zero-order valence-electron chi connectivity index (χ0n) is 9.89. The van der Waals surface area contributed by atoms with Crippen molar-refractivity contribution in [2.24, 2.45) is 11.8 Å². The van der Waals surface area contributed by atoms with Crippen LogP contribution in [0, 0.1) is 11.8 Å². The van der Waals surface area contributed by atoms with Gasteiger partial charge in [0.2, 0.25) is 0 Å². The first-order valence-corrected chi connectivity index (χ1v) is 6.96. The molecule has 0 saturated carbocycles. The number of alkyl halides is 2. The van der Waals surface area contributed by atoms with Crippen LogP contribution in [0.1, 0.15) is 53.4 Å². The molecule has 0 aromatic rings. The van der Waals surface area contributed by atoms with Crippen molar-refractivity contribution in [2.45, 2.75) is 63.5 Å². The van der Waals surface area contributed by atoms with Gasteiger partial charge < -0.3 is 0 Å². The van der Waals surface area contributed by atoms with Crippen LogP contribution in [0.2, 0.25) is 0 Å². The maximum Gasteiger partial charge on any atom is 0.0973 e. The normalized spacial score (nSPS) is 20.1. The summed E-state index contributed by atoms with van der Waals surface area (Å²) < 4.78 is 13.4. The van der Waals surface area contributed by atoms with Crippen LogP contribution in [0.3, 0.4) is 0 Å². The van der Waals surface area contributed by atoms with Gasteiger partial charge in [0, 0.05) is 3.92 Å². The van der Waals surface area contributed by atoms with Gasteiger partial charge in [-0.3, -0.25) is 0 Å². The number of halogens is 2. The van der Waals surface area contributed by atoms with Gasteiger partial charge in [-0.25, -0.2) is 4.39 Å². The molecule has 0 spiro atoms. The lowest BCUT2D eigenvalue weighted by Gasteiger charge is -2.20. The first kappa shape index (κ1) is 14.7. The predicted octanol–water partition coefficient (Wildman–Crippen LogP) is 5.00. The molecule has 0 fully saturated rings. The molecule has 0 bridgehead atoms. The van der Waals surface area contributed by atoms with Crippen LogP contribution in [-0.4, -0.2) is 10.1 Å². The van der Waals surface area contributed by atoms with E-state index >= 15 is 0 Å². The van der Waals surface area contributed by atoms with Crippen LogP contribution in [-0.2, 0) is 0 Å². The molecule has 0 aliphatic heterocycles. The average Bonchev–Trinajstić information content (AvgIpc) is 2.09. The largest absolute Gasteiger partial charge is 0.248 e. The van der Waals surface area contributed by atoms with Crippen molar-refractivity contribution >= 4 is 22.6 Å². The van der Waals surface area contributed by atoms with E-state index in [9.17, 15) is 4.39 Å². The van der Waals surface area contributed by atoms with Crippen molar-refractivity contribution in [3.63, 3.8) is 0 Å². The lowest BCUT2D eigenvalue weighted by molar-refractivity contribution is 0.273. The highest BCUT2D eigenvalue weighted by Crippen LogP contribution is 2.24. The second-order valence-electron chi connectivity index (χ2n) is 4.67. The molecule has 0 nitrogen and oxygen atoms in total. The minimum atomic E-state index is -0.631. The quantitative estimate of drug-likeness (QED) is 0.458. The summed E-state index contributed by atoms with van der Waals surface area (Å²) in [5, 5.41) is 0. The molecule has 0 rings (SSSR count). The number of rotatable bonds is 7. The van der Waals surface area contributed by atoms with Crippen molar-refractivity contribution in [1.29, 1.82) is 0 Å². The Morgan fingerprint density at radius 2 is 1.29 bits per heavy atom. The first-order chi connectivity index (χ1) is 6.43. The fourth-order valence-electron chi connectivity index (χ4n) is 1.55. The van der Waals surface area contributed by atoms with Gasteiger partial charge in [-0.15, -0.1) is 0 Å². The summed E-state index contributed by atoms with van der Waals surface area (Å²) in [6.07, 6.45) is 3.70. The van der Waals surface area contributed by atoms with Gasteiger partial charge in [0.15, 0.2) is 0 Å². The maximum absolute atomic E-state index is 12.6. The monoisotopic (exact) mass is 314 g/mol. The molecule has 4 atom stereocenters. The first-order valence-electron chi connectivity index (χ1n) is 5.71. The van der Waals surface area contributed by atoms with E-state index in [2.05, 4.69) is 43.4 Å². The molecule has 0 amide bonds. The van der Waals surface area contributed by atoms with E-state index in [1.807, 2.05) is 0 Å². The lowest BCUT2D eigenvalue weighted by Crippen LogP contribution is -2.11. The van der Waals surface area contributed by atoms with Crippen LogP contribution in [0.4, 0.5) is 4.39 Å². The third-order valence-corrected chi connectivity index (χ3v) is 3.63. The summed E-state index contributed by atoms with van der Waals surface area (Å²) in [4.78, 5) is 0. The Hall–Kier alpha value is 0.660. The molecule has 0 aliphatic rings. The molecule has 86 valence electrons. The molecule has 0 radical (unpaired) electrons. The van der Waals surface area contributed by atoms with Crippen molar-refractivity contribution in [3.05, 3.63) is 0 Å². The summed E-state index contributed by atoms with van der Waals surface area (Å²) in [6.45, 7) is 8.46. The number of hydrogen-bond donors (Lipinski definition) is 0. The molecule has 14 heavy (non-hydrogen) atoms. The Morgan fingerprint density at radius 1 is 0.857 bits per heavy atom. The molecule has 0 saturated heterocycles. The van der Waals surface area contributed by atoms with E-state index in [1.165, 1.54) is 12.8 Å². The summed E-state index contributed by atoms with van der Waals surface area (Å²) in [5.74, 6) is 1.41. The van der Waals surface area contributed by atoms with E-state index in [0.29, 0.717) is 5.92 Å². The van der Waals surface area contributed by atoms with Gasteiger partial charge >= 0.3 is 0 Å². The van der Waals surface area contributed by atoms with Gasteiger partial charge in [0.05, 0.1) is 6.17 Å². The molecular weight excluding hydrogens is 290 g/mol. The van der Waals surface area contributed by atoms with E-state index in [0.717, 1.165) is 22.7 Å². The highest BCUT2D eigenvalue weighted by molar-refractivity contribution is 14.1. The molecule has 0 N–H and O–H groups in total. The topological polar surface area (TPSA) is 0 Å². The Kier molecular flexibility index (Phi) is 8.26. The molecule has 2 heteroatoms. The Labute approximate surface area is 102 Å². The maximum atomic E-state index is 12.6. The van der Waals surface area contributed by atoms with Crippen LogP contribution in [0.15, 0.2) is 0 Å². The van der Waals surface area contributed by atoms with E-state index in [1.54, 1.807) is 6.92 Å². The van der Waals surface area contributed by atoms with Gasteiger partial charge in [-0.2, -0.15) is 0 Å². The Bertz CT molecular complexity index is 118. The summed E-state index contributed by atoms with van der Waals surface area (Å²) in [7, 11) is 0. The van der Waals surface area contributed by atoms with Crippen LogP contribution >= 0.6 is 22.6 Å². The molecule has 0 aromatic carbocycles. The standard InChI is InChI=1S/C12H24FI/c1-9(5-7-11(3)13)10(2)6-8-12(4)14/h9-12H,5-8H2,1-4H3. The van der Waals surface area contributed by atoms with Crippen LogP contribution in [0.25, 0.3) is 0 Å². The minimum absolute atomic E-state index is 0.631. The van der Waals surface area contributed by atoms with Gasteiger partial charge in [0.1, 0.15) is 0 Å². The smallest absolute Gasteiger partial charge is 0.0973 e. The van der Waals surface area contributed by atoms with Crippen molar-refractivity contribution < 1.29 is 4.39 Å². The summed E-state index contributed by atoms with van der Waals surface area (Å²) in [6, 6.07) is 0. The third-order valence-electron chi connectivity index (χ3n) is 3.01. The zero-order chi connectivity index (χ0) is 11.1. The van der Waals surface area contributed by atoms with Crippen molar-refractivity contribution in [2.75, 3.05) is 0 Å². The van der Waals surface area contributed by atoms with Crippen molar-refractivity contribution in [3.8, 4) is 0 Å². The molecule has 0 heterocycles. The fourth-order valence-corrected chi connectivity index (χ4v) is 1.91. The van der Waals surface area contributed by atoms with E-state index in [4.69, 9.17) is 0 Å². The lowest BCUT2D eigenvalue weighted by atomic mass is 9.87. The second-order valence-corrected chi connectivity index (χ2v) is 6.80. The predicted molar refractivity (Wildman–Crippen MR) is 70.8 cm³/mol. The Morgan fingerprint density at radius 3 is 1.64 bits per heavy atom. The fraction of sp³-hybridized carbons (Fsp3) is 1.00. The molecule has 0 aromatic heterocycles. The van der Waals surface area contributed by atoms with Gasteiger partial charge in [0.25, 0.3) is 0 Å². The highest BCUT2D eigenvalue weighted by Gasteiger charge is 2.13. The number of hydrogen-bond acceptors (Lipinski definition) is 0. The molecular formula is C12H24FI. The van der Waals surface area contributed by atoms with Gasteiger partial charge in [-0.1, -0.05) is 43.4 Å². The third kappa shape index (κ3) is 8.01. The SMILES string of the molecule is CC(F)CCC(C)C(C)CCC(C)I. The van der Waals surface area contributed by atoms with E-state index in [-0.39, 0.29) is 0 Å². The summed E-state index contributed by atoms with van der Waals surface area (Å²) >= 11 is 2.47. The Balaban J connectivity index is 3.59. The van der Waals surface area contributed by atoms with Gasteiger partial charge in [-0.05, 0) is 44.4 Å². The van der Waals surface area contributed by atoms with Crippen LogP contribution < -0.4 is 0 Å². The summed E-state index contributed by atoms with van der Waals surface area (Å²) in [5.41, 5.74) is 0. The molecule has 4 unspecified atom stereocenters. The zero-order valence-corrected chi connectivity index (χ0v) is 12.1. The minimum Gasteiger partial charge on any atom is -0.248 e. The van der Waals surface area contributed by atoms with Crippen LogP contribution in [0.5, 0.6) is 0 Å². The second kappa shape index (κ2) is 7.89.